The van der Waals surface area contributed by atoms with Crippen LogP contribution in [-0.4, -0.2) is 23.4 Å². The van der Waals surface area contributed by atoms with E-state index in [1.807, 2.05) is 18.2 Å². The largest absolute Gasteiger partial charge is 0.338 e. The molecule has 3 rings (SSSR count). The van der Waals surface area contributed by atoms with Gasteiger partial charge in [-0.2, -0.15) is 0 Å². The molecule has 1 amide bonds. The van der Waals surface area contributed by atoms with Crippen molar-refractivity contribution < 1.29 is 4.79 Å². The average Bonchev–Trinajstić information content (AvgIpc) is 2.54. The van der Waals surface area contributed by atoms with Crippen LogP contribution in [0, 0.1) is 17.8 Å². The van der Waals surface area contributed by atoms with E-state index < -0.39 is 0 Å². The van der Waals surface area contributed by atoms with E-state index in [1.54, 1.807) is 0 Å². The number of benzene rings is 1. The number of amides is 1. The van der Waals surface area contributed by atoms with Crippen molar-refractivity contribution in [1.82, 2.24) is 4.90 Å². The van der Waals surface area contributed by atoms with Gasteiger partial charge in [0, 0.05) is 25.0 Å². The van der Waals surface area contributed by atoms with Crippen molar-refractivity contribution in [2.45, 2.75) is 58.0 Å². The van der Waals surface area contributed by atoms with Crippen molar-refractivity contribution in [2.75, 3.05) is 6.54 Å². The Morgan fingerprint density at radius 2 is 1.79 bits per heavy atom. The fourth-order valence-corrected chi connectivity index (χ4v) is 4.59. The van der Waals surface area contributed by atoms with Gasteiger partial charge in [-0.15, -0.1) is 12.4 Å². The molecule has 2 aliphatic carbocycles. The molecule has 2 bridgehead atoms. The lowest BCUT2D eigenvalue weighted by atomic mass is 9.65. The van der Waals surface area contributed by atoms with Crippen molar-refractivity contribution >= 4 is 18.3 Å². The van der Waals surface area contributed by atoms with Crippen LogP contribution in [0.2, 0.25) is 0 Å². The molecule has 0 heterocycles. The molecule has 0 aromatic heterocycles. The number of halogens is 1. The van der Waals surface area contributed by atoms with Crippen LogP contribution in [0.15, 0.2) is 30.3 Å². The van der Waals surface area contributed by atoms with Crippen LogP contribution in [0.1, 0.15) is 51.0 Å². The van der Waals surface area contributed by atoms with Crippen LogP contribution in [0.25, 0.3) is 0 Å². The van der Waals surface area contributed by atoms with Gasteiger partial charge in [0.25, 0.3) is 0 Å². The Bertz CT molecular complexity index is 508. The molecule has 0 aliphatic heterocycles. The predicted octanol–water partition coefficient (Wildman–Crippen LogP) is 4.00. The second-order valence-corrected chi connectivity index (χ2v) is 7.44. The zero-order valence-electron chi connectivity index (χ0n) is 14.7. The monoisotopic (exact) mass is 350 g/mol. The number of hydrogen-bond donors (Lipinski definition) is 1. The molecule has 3 nitrogen and oxygen atoms in total. The normalized spacial score (nSPS) is 28.8. The van der Waals surface area contributed by atoms with Crippen LogP contribution in [0.3, 0.4) is 0 Å². The summed E-state index contributed by atoms with van der Waals surface area (Å²) in [6.07, 6.45) is 6.75. The lowest BCUT2D eigenvalue weighted by Gasteiger charge is -2.44. The maximum atomic E-state index is 13.1. The third kappa shape index (κ3) is 4.31. The third-order valence-corrected chi connectivity index (χ3v) is 5.78. The van der Waals surface area contributed by atoms with Crippen molar-refractivity contribution in [2.24, 2.45) is 23.5 Å². The lowest BCUT2D eigenvalue weighted by Crippen LogP contribution is -2.49. The van der Waals surface area contributed by atoms with E-state index in [1.165, 1.54) is 24.8 Å². The van der Waals surface area contributed by atoms with Crippen LogP contribution in [0.4, 0.5) is 0 Å². The summed E-state index contributed by atoms with van der Waals surface area (Å²) in [4.78, 5) is 15.2. The molecule has 1 aromatic carbocycles. The summed E-state index contributed by atoms with van der Waals surface area (Å²) >= 11 is 0. The van der Waals surface area contributed by atoms with Crippen molar-refractivity contribution in [3.63, 3.8) is 0 Å². The molecular weight excluding hydrogens is 320 g/mol. The van der Waals surface area contributed by atoms with Crippen LogP contribution < -0.4 is 5.73 Å². The second kappa shape index (κ2) is 8.87. The first-order chi connectivity index (χ1) is 11.2. The van der Waals surface area contributed by atoms with Gasteiger partial charge in [0.15, 0.2) is 0 Å². The predicted molar refractivity (Wildman–Crippen MR) is 101 cm³/mol. The summed E-state index contributed by atoms with van der Waals surface area (Å²) < 4.78 is 0. The molecule has 2 fully saturated rings. The second-order valence-electron chi connectivity index (χ2n) is 7.44. The summed E-state index contributed by atoms with van der Waals surface area (Å²) in [5.41, 5.74) is 7.60. The van der Waals surface area contributed by atoms with Gasteiger partial charge in [-0.1, -0.05) is 43.7 Å². The van der Waals surface area contributed by atoms with Gasteiger partial charge in [0.05, 0.1) is 0 Å². The number of hydrogen-bond acceptors (Lipinski definition) is 2. The molecule has 2 saturated carbocycles. The van der Waals surface area contributed by atoms with Gasteiger partial charge in [-0.25, -0.2) is 0 Å². The summed E-state index contributed by atoms with van der Waals surface area (Å²) in [5, 5.41) is 0. The topological polar surface area (TPSA) is 46.3 Å². The van der Waals surface area contributed by atoms with E-state index in [0.717, 1.165) is 32.4 Å². The van der Waals surface area contributed by atoms with Crippen molar-refractivity contribution in [3.05, 3.63) is 35.9 Å². The van der Waals surface area contributed by atoms with E-state index in [2.05, 4.69) is 24.0 Å². The molecule has 2 N–H and O–H groups in total. The Balaban J connectivity index is 0.00000208. The van der Waals surface area contributed by atoms with Gasteiger partial charge in [-0.05, 0) is 49.5 Å². The van der Waals surface area contributed by atoms with E-state index in [9.17, 15) is 4.79 Å². The number of rotatable bonds is 5. The smallest absolute Gasteiger partial charge is 0.226 e. The van der Waals surface area contributed by atoms with Gasteiger partial charge in [0.2, 0.25) is 5.91 Å². The first kappa shape index (κ1) is 19.3. The minimum atomic E-state index is 0. The number of carbonyl (C=O) groups excluding carboxylic acids is 1. The van der Waals surface area contributed by atoms with E-state index in [4.69, 9.17) is 5.73 Å². The standard InChI is InChI=1S/C20H30N2O.ClH/c1-2-11-22(14-15-7-4-3-5-8-15)20(23)18-12-16-9-6-10-17(13-18)19(16)21;/h3-5,7-8,16-19H,2,6,9-14,21H2,1H3;1H. The number of nitrogens with two attached hydrogens (primary N) is 1. The molecule has 2 atom stereocenters. The molecular formula is C20H31ClN2O. The van der Waals surface area contributed by atoms with Crippen molar-refractivity contribution in [3.8, 4) is 0 Å². The molecule has 4 heteroatoms. The fraction of sp³-hybridized carbons (Fsp3) is 0.650. The Kier molecular flexibility index (Phi) is 7.12. The molecule has 2 aliphatic rings. The highest BCUT2D eigenvalue weighted by Crippen LogP contribution is 2.42. The highest BCUT2D eigenvalue weighted by Gasteiger charge is 2.41. The van der Waals surface area contributed by atoms with Crippen molar-refractivity contribution in [1.29, 1.82) is 0 Å². The summed E-state index contributed by atoms with van der Waals surface area (Å²) in [6, 6.07) is 10.7. The summed E-state index contributed by atoms with van der Waals surface area (Å²) in [6.45, 7) is 3.74. The van der Waals surface area contributed by atoms with Gasteiger partial charge in [0.1, 0.15) is 0 Å². The summed E-state index contributed by atoms with van der Waals surface area (Å²) in [7, 11) is 0. The van der Waals surface area contributed by atoms with Gasteiger partial charge >= 0.3 is 0 Å². The molecule has 1 aromatic rings. The Hall–Kier alpha value is -1.06. The van der Waals surface area contributed by atoms with Gasteiger partial charge in [-0.3, -0.25) is 4.79 Å². The first-order valence-electron chi connectivity index (χ1n) is 9.27. The van der Waals surface area contributed by atoms with Crippen LogP contribution in [-0.2, 0) is 11.3 Å². The Morgan fingerprint density at radius 1 is 1.17 bits per heavy atom. The fourth-order valence-electron chi connectivity index (χ4n) is 4.59. The zero-order valence-corrected chi connectivity index (χ0v) is 15.5. The number of nitrogens with zero attached hydrogens (tertiary/aromatic N) is 1. The Morgan fingerprint density at radius 3 is 2.38 bits per heavy atom. The SMILES string of the molecule is CCCN(Cc1ccccc1)C(=O)C1CC2CCCC(C1)C2N.Cl. The highest BCUT2D eigenvalue weighted by atomic mass is 35.5. The van der Waals surface area contributed by atoms with E-state index in [-0.39, 0.29) is 18.3 Å². The third-order valence-electron chi connectivity index (χ3n) is 5.78. The maximum absolute atomic E-state index is 13.1. The first-order valence-corrected chi connectivity index (χ1v) is 9.27. The summed E-state index contributed by atoms with van der Waals surface area (Å²) in [5.74, 6) is 1.69. The van der Waals surface area contributed by atoms with Gasteiger partial charge < -0.3 is 10.6 Å². The maximum Gasteiger partial charge on any atom is 0.226 e. The van der Waals surface area contributed by atoms with Crippen LogP contribution in [0.5, 0.6) is 0 Å². The molecule has 24 heavy (non-hydrogen) atoms. The number of fused-ring (bicyclic) bond motifs is 2. The molecule has 0 spiro atoms. The number of carbonyl (C=O) groups is 1. The minimum Gasteiger partial charge on any atom is -0.338 e. The molecule has 0 saturated heterocycles. The molecule has 0 radical (unpaired) electrons. The Labute approximate surface area is 152 Å². The average molecular weight is 351 g/mol. The molecule has 2 unspecified atom stereocenters. The lowest BCUT2D eigenvalue weighted by molar-refractivity contribution is -0.139. The highest BCUT2D eigenvalue weighted by molar-refractivity contribution is 5.85. The van der Waals surface area contributed by atoms with E-state index >= 15 is 0 Å². The quantitative estimate of drug-likeness (QED) is 0.872. The molecule has 134 valence electrons. The van der Waals surface area contributed by atoms with E-state index in [0.29, 0.717) is 23.8 Å². The minimum absolute atomic E-state index is 0. The van der Waals surface area contributed by atoms with Crippen LogP contribution >= 0.6 is 12.4 Å². The zero-order chi connectivity index (χ0) is 16.2.